The Hall–Kier alpha value is -2.30. The van der Waals surface area contributed by atoms with Crippen molar-refractivity contribution in [1.82, 2.24) is 0 Å². The van der Waals surface area contributed by atoms with Crippen molar-refractivity contribution in [2.45, 2.75) is 19.3 Å². The number of nitrogens with zero attached hydrogens (tertiary/aromatic N) is 1. The number of ether oxygens (including phenoxy) is 1. The highest BCUT2D eigenvalue weighted by Gasteiger charge is 2.43. The molecule has 0 N–H and O–H groups in total. The molecule has 4 rings (SSSR count). The van der Waals surface area contributed by atoms with E-state index in [4.69, 9.17) is 27.9 Å². The number of esters is 1. The summed E-state index contributed by atoms with van der Waals surface area (Å²) in [7, 11) is 0. The first-order valence-electron chi connectivity index (χ1n) is 8.20. The molecular weight excluding hydrogens is 373 g/mol. The van der Waals surface area contributed by atoms with Gasteiger partial charge < -0.3 is 4.74 Å². The van der Waals surface area contributed by atoms with Gasteiger partial charge in [-0.1, -0.05) is 41.4 Å². The van der Waals surface area contributed by atoms with E-state index < -0.39 is 11.9 Å². The second-order valence-electron chi connectivity index (χ2n) is 6.43. The Labute approximate surface area is 161 Å². The molecule has 2 aliphatic heterocycles. The lowest BCUT2D eigenvalue weighted by Crippen LogP contribution is -2.37. The largest absolute Gasteiger partial charge is 0.456 e. The van der Waals surface area contributed by atoms with Crippen molar-refractivity contribution in [2.24, 2.45) is 0 Å². The molecule has 1 amide bonds. The van der Waals surface area contributed by atoms with Crippen LogP contribution in [0.3, 0.4) is 0 Å². The Morgan fingerprint density at radius 2 is 1.92 bits per heavy atom. The van der Waals surface area contributed by atoms with Crippen molar-refractivity contribution in [1.29, 1.82) is 0 Å². The Kier molecular flexibility index (Phi) is 4.25. The van der Waals surface area contributed by atoms with Crippen LogP contribution in [-0.4, -0.2) is 18.5 Å². The topological polar surface area (TPSA) is 46.6 Å². The Bertz CT molecular complexity index is 967. The highest BCUT2D eigenvalue weighted by Crippen LogP contribution is 2.44. The normalized spacial score (nSPS) is 19.7. The van der Waals surface area contributed by atoms with Gasteiger partial charge in [0.1, 0.15) is 6.61 Å². The number of carbonyl (C=O) groups excluding carboxylic acids is 2. The summed E-state index contributed by atoms with van der Waals surface area (Å²) in [6, 6.07) is 12.7. The molecule has 0 aromatic heterocycles. The van der Waals surface area contributed by atoms with E-state index in [0.717, 1.165) is 11.3 Å². The number of carbonyl (C=O) groups is 2. The monoisotopic (exact) mass is 387 g/mol. The van der Waals surface area contributed by atoms with E-state index in [-0.39, 0.29) is 18.9 Å². The summed E-state index contributed by atoms with van der Waals surface area (Å²) in [5.41, 5.74) is 3.56. The molecule has 0 saturated carbocycles. The molecule has 0 saturated heterocycles. The van der Waals surface area contributed by atoms with E-state index in [9.17, 15) is 9.59 Å². The zero-order valence-electron chi connectivity index (χ0n) is 14.0. The van der Waals surface area contributed by atoms with E-state index in [1.807, 2.05) is 31.2 Å². The van der Waals surface area contributed by atoms with Gasteiger partial charge >= 0.3 is 5.97 Å². The second-order valence-corrected chi connectivity index (χ2v) is 7.27. The molecule has 0 aliphatic carbocycles. The first-order valence-corrected chi connectivity index (χ1v) is 8.96. The van der Waals surface area contributed by atoms with Crippen LogP contribution in [0.2, 0.25) is 10.0 Å². The number of hydrogen-bond acceptors (Lipinski definition) is 3. The minimum absolute atomic E-state index is 0.0789. The molecule has 2 aromatic rings. The zero-order chi connectivity index (χ0) is 18.4. The van der Waals surface area contributed by atoms with Crippen molar-refractivity contribution in [2.75, 3.05) is 11.5 Å². The van der Waals surface area contributed by atoms with Crippen molar-refractivity contribution in [3.05, 3.63) is 74.9 Å². The number of anilines is 1. The van der Waals surface area contributed by atoms with Crippen molar-refractivity contribution >= 4 is 40.8 Å². The van der Waals surface area contributed by atoms with Crippen LogP contribution in [-0.2, 0) is 14.3 Å². The van der Waals surface area contributed by atoms with Crippen LogP contribution in [0.5, 0.6) is 0 Å². The van der Waals surface area contributed by atoms with Gasteiger partial charge in [0, 0.05) is 28.1 Å². The summed E-state index contributed by atoms with van der Waals surface area (Å²) in [6.45, 7) is 2.04. The van der Waals surface area contributed by atoms with Crippen LogP contribution < -0.4 is 4.90 Å². The summed E-state index contributed by atoms with van der Waals surface area (Å²) < 4.78 is 5.27. The summed E-state index contributed by atoms with van der Waals surface area (Å²) in [4.78, 5) is 27.0. The fraction of sp³-hybridized carbons (Fsp3) is 0.200. The molecule has 1 atom stereocenters. The third kappa shape index (κ3) is 2.79. The molecule has 2 aromatic carbocycles. The van der Waals surface area contributed by atoms with E-state index in [1.165, 1.54) is 0 Å². The SMILES string of the molecule is Cc1cccc(N2C(=O)CC(c3ccc(Cl)cc3Cl)C3=C2COC3=O)c1. The standard InChI is InChI=1S/C20H15Cl2NO3/c1-11-3-2-4-13(7-11)23-17-10-26-20(25)19(17)15(9-18(23)24)14-6-5-12(21)8-16(14)22/h2-8,15H,9-10H2,1H3. The second kappa shape index (κ2) is 6.45. The third-order valence-corrected chi connectivity index (χ3v) is 5.28. The number of aryl methyl sites for hydroxylation is 1. The van der Waals surface area contributed by atoms with Gasteiger partial charge in [-0.25, -0.2) is 4.79 Å². The number of cyclic esters (lactones) is 1. The molecule has 0 spiro atoms. The molecule has 132 valence electrons. The molecule has 1 unspecified atom stereocenters. The van der Waals surface area contributed by atoms with E-state index in [1.54, 1.807) is 23.1 Å². The summed E-state index contributed by atoms with van der Waals surface area (Å²) in [6.07, 6.45) is 0.142. The zero-order valence-corrected chi connectivity index (χ0v) is 15.5. The van der Waals surface area contributed by atoms with Gasteiger partial charge in [-0.3, -0.25) is 9.69 Å². The van der Waals surface area contributed by atoms with E-state index >= 15 is 0 Å². The maximum atomic E-state index is 13.0. The fourth-order valence-corrected chi connectivity index (χ4v) is 4.11. The van der Waals surface area contributed by atoms with Gasteiger partial charge in [0.05, 0.1) is 11.3 Å². The Morgan fingerprint density at radius 1 is 1.12 bits per heavy atom. The van der Waals surface area contributed by atoms with E-state index in [0.29, 0.717) is 26.9 Å². The first kappa shape index (κ1) is 17.1. The van der Waals surface area contributed by atoms with Crippen LogP contribution in [0.1, 0.15) is 23.5 Å². The molecule has 0 radical (unpaired) electrons. The third-order valence-electron chi connectivity index (χ3n) is 4.72. The summed E-state index contributed by atoms with van der Waals surface area (Å²) in [5, 5.41) is 0.941. The average molecular weight is 388 g/mol. The molecule has 26 heavy (non-hydrogen) atoms. The average Bonchev–Trinajstić information content (AvgIpc) is 2.96. The highest BCUT2D eigenvalue weighted by atomic mass is 35.5. The van der Waals surface area contributed by atoms with Crippen molar-refractivity contribution in [3.63, 3.8) is 0 Å². The number of hydrogen-bond donors (Lipinski definition) is 0. The van der Waals surface area contributed by atoms with Gasteiger partial charge in [-0.15, -0.1) is 0 Å². The minimum atomic E-state index is -0.432. The van der Waals surface area contributed by atoms with Crippen molar-refractivity contribution < 1.29 is 14.3 Å². The number of halogens is 2. The molecule has 0 bridgehead atoms. The molecule has 2 heterocycles. The van der Waals surface area contributed by atoms with Crippen LogP contribution in [0.4, 0.5) is 5.69 Å². The van der Waals surface area contributed by atoms with Gasteiger partial charge in [0.15, 0.2) is 0 Å². The van der Waals surface area contributed by atoms with Crippen LogP contribution in [0, 0.1) is 6.92 Å². The molecule has 0 fully saturated rings. The molecular formula is C20H15Cl2NO3. The van der Waals surface area contributed by atoms with Crippen LogP contribution >= 0.6 is 23.2 Å². The van der Waals surface area contributed by atoms with Gasteiger partial charge in [0.2, 0.25) is 5.91 Å². The maximum absolute atomic E-state index is 13.0. The summed E-state index contributed by atoms with van der Waals surface area (Å²) >= 11 is 12.3. The fourth-order valence-electron chi connectivity index (χ4n) is 3.57. The van der Waals surface area contributed by atoms with Gasteiger partial charge in [-0.05, 0) is 42.3 Å². The lowest BCUT2D eigenvalue weighted by atomic mass is 9.84. The van der Waals surface area contributed by atoms with Gasteiger partial charge in [0.25, 0.3) is 0 Å². The maximum Gasteiger partial charge on any atom is 0.336 e. The Balaban J connectivity index is 1.85. The van der Waals surface area contributed by atoms with Crippen molar-refractivity contribution in [3.8, 4) is 0 Å². The predicted molar refractivity (Wildman–Crippen MR) is 100 cm³/mol. The quantitative estimate of drug-likeness (QED) is 0.705. The number of rotatable bonds is 2. The minimum Gasteiger partial charge on any atom is -0.456 e. The van der Waals surface area contributed by atoms with Gasteiger partial charge in [-0.2, -0.15) is 0 Å². The van der Waals surface area contributed by atoms with E-state index in [2.05, 4.69) is 0 Å². The number of amides is 1. The molecule has 6 heteroatoms. The first-order chi connectivity index (χ1) is 12.5. The summed E-state index contributed by atoms with van der Waals surface area (Å²) in [5.74, 6) is -0.928. The number of benzene rings is 2. The lowest BCUT2D eigenvalue weighted by molar-refractivity contribution is -0.136. The Morgan fingerprint density at radius 3 is 2.65 bits per heavy atom. The predicted octanol–water partition coefficient (Wildman–Crippen LogP) is 4.63. The lowest BCUT2D eigenvalue weighted by Gasteiger charge is -2.32. The molecule has 4 nitrogen and oxygen atoms in total. The van der Waals surface area contributed by atoms with Crippen LogP contribution in [0.15, 0.2) is 53.7 Å². The van der Waals surface area contributed by atoms with Crippen LogP contribution in [0.25, 0.3) is 0 Å². The highest BCUT2D eigenvalue weighted by molar-refractivity contribution is 6.35. The smallest absolute Gasteiger partial charge is 0.336 e. The molecule has 2 aliphatic rings.